The van der Waals surface area contributed by atoms with E-state index in [1.165, 1.54) is 0 Å². The predicted molar refractivity (Wildman–Crippen MR) is 73.4 cm³/mol. The van der Waals surface area contributed by atoms with Crippen LogP contribution in [0.3, 0.4) is 0 Å². The van der Waals surface area contributed by atoms with Crippen molar-refractivity contribution in [2.75, 3.05) is 26.5 Å². The number of aliphatic hydroxyl groups excluding tert-OH is 1. The first kappa shape index (κ1) is 13.0. The molecule has 1 aromatic carbocycles. The fourth-order valence-electron chi connectivity index (χ4n) is 2.47. The number of likely N-dealkylation sites (tertiary alicyclic amines) is 1. The molecule has 3 rings (SSSR count). The molecule has 106 valence electrons. The topological polar surface area (TPSA) is 59.0 Å². The number of nitrogens with zero attached hydrogens (tertiary/aromatic N) is 1. The van der Waals surface area contributed by atoms with Crippen LogP contribution in [0.1, 0.15) is 12.0 Å². The number of carbonyl (C=O) groups excluding carboxylic acids is 1. The van der Waals surface area contributed by atoms with Crippen LogP contribution in [0.5, 0.6) is 11.5 Å². The maximum absolute atomic E-state index is 12.0. The Hall–Kier alpha value is -2.01. The molecule has 0 aliphatic carbocycles. The number of ether oxygens (including phenoxy) is 2. The van der Waals surface area contributed by atoms with Crippen LogP contribution in [0, 0.1) is 5.92 Å². The van der Waals surface area contributed by atoms with Gasteiger partial charge in [0.1, 0.15) is 0 Å². The van der Waals surface area contributed by atoms with Gasteiger partial charge < -0.3 is 19.5 Å². The Morgan fingerprint density at radius 1 is 1.40 bits per heavy atom. The van der Waals surface area contributed by atoms with Crippen molar-refractivity contribution in [3.63, 3.8) is 0 Å². The number of hydrogen-bond donors (Lipinski definition) is 1. The van der Waals surface area contributed by atoms with E-state index in [2.05, 4.69) is 0 Å². The van der Waals surface area contributed by atoms with E-state index in [0.717, 1.165) is 24.3 Å². The van der Waals surface area contributed by atoms with E-state index in [0.29, 0.717) is 12.3 Å². The highest BCUT2D eigenvalue weighted by atomic mass is 16.7. The molecule has 1 amide bonds. The number of aliphatic hydroxyl groups is 1. The lowest BCUT2D eigenvalue weighted by molar-refractivity contribution is -0.125. The van der Waals surface area contributed by atoms with Crippen LogP contribution in [-0.4, -0.2) is 42.4 Å². The molecule has 2 heterocycles. The van der Waals surface area contributed by atoms with Crippen molar-refractivity contribution in [3.05, 3.63) is 29.8 Å². The molecule has 2 aliphatic heterocycles. The first-order valence-corrected chi connectivity index (χ1v) is 6.74. The molecule has 1 aromatic rings. The molecular formula is C15H17NO4. The highest BCUT2D eigenvalue weighted by Gasteiger charge is 2.24. The van der Waals surface area contributed by atoms with Crippen molar-refractivity contribution in [3.8, 4) is 11.5 Å². The molecule has 2 aliphatic rings. The Labute approximate surface area is 117 Å². The standard InChI is InChI=1S/C15H17NO4/c17-9-12-5-6-16(8-12)15(18)4-2-11-1-3-13-14(7-11)20-10-19-13/h1-4,7,12,17H,5-6,8-10H2. The van der Waals surface area contributed by atoms with Crippen LogP contribution >= 0.6 is 0 Å². The average molecular weight is 275 g/mol. The van der Waals surface area contributed by atoms with Crippen molar-refractivity contribution >= 4 is 12.0 Å². The van der Waals surface area contributed by atoms with Gasteiger partial charge in [0, 0.05) is 31.7 Å². The number of carbonyl (C=O) groups is 1. The second-order valence-corrected chi connectivity index (χ2v) is 5.07. The van der Waals surface area contributed by atoms with Crippen LogP contribution in [0.15, 0.2) is 24.3 Å². The van der Waals surface area contributed by atoms with Gasteiger partial charge in [0.25, 0.3) is 0 Å². The van der Waals surface area contributed by atoms with E-state index in [9.17, 15) is 4.79 Å². The minimum absolute atomic E-state index is 0.0152. The van der Waals surface area contributed by atoms with Crippen LogP contribution in [0.2, 0.25) is 0 Å². The lowest BCUT2D eigenvalue weighted by Crippen LogP contribution is -2.27. The smallest absolute Gasteiger partial charge is 0.246 e. The van der Waals surface area contributed by atoms with E-state index in [4.69, 9.17) is 14.6 Å². The predicted octanol–water partition coefficient (Wildman–Crippen LogP) is 1.27. The van der Waals surface area contributed by atoms with Gasteiger partial charge in [-0.25, -0.2) is 0 Å². The first-order valence-electron chi connectivity index (χ1n) is 6.74. The third-order valence-corrected chi connectivity index (χ3v) is 3.67. The number of rotatable bonds is 3. The van der Waals surface area contributed by atoms with Gasteiger partial charge >= 0.3 is 0 Å². The summed E-state index contributed by atoms with van der Waals surface area (Å²) in [7, 11) is 0. The molecule has 0 bridgehead atoms. The zero-order valence-electron chi connectivity index (χ0n) is 11.1. The van der Waals surface area contributed by atoms with Gasteiger partial charge in [-0.3, -0.25) is 4.79 Å². The first-order chi connectivity index (χ1) is 9.76. The summed E-state index contributed by atoms with van der Waals surface area (Å²) in [6, 6.07) is 5.58. The van der Waals surface area contributed by atoms with Gasteiger partial charge in [-0.05, 0) is 30.2 Å². The monoisotopic (exact) mass is 275 g/mol. The van der Waals surface area contributed by atoms with E-state index in [-0.39, 0.29) is 25.2 Å². The molecule has 0 spiro atoms. The average Bonchev–Trinajstić information content (AvgIpc) is 3.12. The molecule has 5 nitrogen and oxygen atoms in total. The minimum atomic E-state index is -0.0152. The summed E-state index contributed by atoms with van der Waals surface area (Å²) >= 11 is 0. The lowest BCUT2D eigenvalue weighted by Gasteiger charge is -2.13. The number of hydrogen-bond acceptors (Lipinski definition) is 4. The Balaban J connectivity index is 1.64. The molecule has 1 saturated heterocycles. The third kappa shape index (κ3) is 2.63. The summed E-state index contributed by atoms with van der Waals surface area (Å²) in [6.45, 7) is 1.75. The normalized spacial score (nSPS) is 20.9. The molecule has 1 N–H and O–H groups in total. The zero-order valence-corrected chi connectivity index (χ0v) is 11.1. The van der Waals surface area contributed by atoms with E-state index in [1.807, 2.05) is 18.2 Å². The maximum atomic E-state index is 12.0. The molecule has 1 atom stereocenters. The third-order valence-electron chi connectivity index (χ3n) is 3.67. The van der Waals surface area contributed by atoms with Crippen molar-refractivity contribution in [2.45, 2.75) is 6.42 Å². The second-order valence-electron chi connectivity index (χ2n) is 5.07. The van der Waals surface area contributed by atoms with Gasteiger partial charge in [-0.1, -0.05) is 6.07 Å². The fourth-order valence-corrected chi connectivity index (χ4v) is 2.47. The van der Waals surface area contributed by atoms with Gasteiger partial charge in [0.15, 0.2) is 11.5 Å². The van der Waals surface area contributed by atoms with E-state index >= 15 is 0 Å². The van der Waals surface area contributed by atoms with Crippen molar-refractivity contribution in [1.82, 2.24) is 4.90 Å². The van der Waals surface area contributed by atoms with Crippen LogP contribution < -0.4 is 9.47 Å². The highest BCUT2D eigenvalue weighted by molar-refractivity contribution is 5.92. The van der Waals surface area contributed by atoms with Crippen LogP contribution in [-0.2, 0) is 4.79 Å². The number of benzene rings is 1. The summed E-state index contributed by atoms with van der Waals surface area (Å²) in [4.78, 5) is 13.8. The van der Waals surface area contributed by atoms with Gasteiger partial charge in [0.05, 0.1) is 0 Å². The van der Waals surface area contributed by atoms with E-state index < -0.39 is 0 Å². The second kappa shape index (κ2) is 5.54. The SMILES string of the molecule is O=C(C=Cc1ccc2c(c1)OCO2)N1CCC(CO)C1. The maximum Gasteiger partial charge on any atom is 0.246 e. The van der Waals surface area contributed by atoms with E-state index in [1.54, 1.807) is 17.1 Å². The molecule has 1 unspecified atom stereocenters. The summed E-state index contributed by atoms with van der Waals surface area (Å²) in [5.41, 5.74) is 0.903. The summed E-state index contributed by atoms with van der Waals surface area (Å²) in [6.07, 6.45) is 4.22. The number of amides is 1. The van der Waals surface area contributed by atoms with Gasteiger partial charge in [-0.15, -0.1) is 0 Å². The summed E-state index contributed by atoms with van der Waals surface area (Å²) < 4.78 is 10.5. The Bertz CT molecular complexity index is 541. The minimum Gasteiger partial charge on any atom is -0.454 e. The summed E-state index contributed by atoms with van der Waals surface area (Å²) in [5, 5.41) is 9.08. The molecule has 0 radical (unpaired) electrons. The lowest BCUT2D eigenvalue weighted by atomic mass is 10.1. The molecule has 5 heteroatoms. The Morgan fingerprint density at radius 2 is 2.25 bits per heavy atom. The Morgan fingerprint density at radius 3 is 3.05 bits per heavy atom. The van der Waals surface area contributed by atoms with Crippen LogP contribution in [0.4, 0.5) is 0 Å². The van der Waals surface area contributed by atoms with Crippen molar-refractivity contribution in [1.29, 1.82) is 0 Å². The Kier molecular flexibility index (Phi) is 3.60. The van der Waals surface area contributed by atoms with Gasteiger partial charge in [-0.2, -0.15) is 0 Å². The summed E-state index contributed by atoms with van der Waals surface area (Å²) in [5.74, 6) is 1.65. The fraction of sp³-hybridized carbons (Fsp3) is 0.400. The highest BCUT2D eigenvalue weighted by Crippen LogP contribution is 2.32. The van der Waals surface area contributed by atoms with Gasteiger partial charge in [0.2, 0.25) is 12.7 Å². The van der Waals surface area contributed by atoms with Crippen LogP contribution in [0.25, 0.3) is 6.08 Å². The number of fused-ring (bicyclic) bond motifs is 1. The molecule has 1 fully saturated rings. The molecular weight excluding hydrogens is 258 g/mol. The van der Waals surface area contributed by atoms with Crippen molar-refractivity contribution in [2.24, 2.45) is 5.92 Å². The largest absolute Gasteiger partial charge is 0.454 e. The molecule has 0 saturated carbocycles. The molecule has 0 aromatic heterocycles. The van der Waals surface area contributed by atoms with Crippen molar-refractivity contribution < 1.29 is 19.4 Å². The zero-order chi connectivity index (χ0) is 13.9. The molecule has 20 heavy (non-hydrogen) atoms. The quantitative estimate of drug-likeness (QED) is 0.844.